The van der Waals surface area contributed by atoms with Crippen LogP contribution in [0.3, 0.4) is 0 Å². The maximum Gasteiger partial charge on any atom is 0.0938 e. The Morgan fingerprint density at radius 2 is 2.42 bits per heavy atom. The monoisotopic (exact) mass is 182 g/mol. The molecule has 1 rings (SSSR count). The first-order chi connectivity index (χ1) is 5.72. The SMILES string of the molecule is CCC(N)=NCc1csc(C)c1. The fourth-order valence-electron chi connectivity index (χ4n) is 0.885. The summed E-state index contributed by atoms with van der Waals surface area (Å²) in [4.78, 5) is 5.56. The number of hydrogen-bond acceptors (Lipinski definition) is 2. The lowest BCUT2D eigenvalue weighted by atomic mass is 10.3. The van der Waals surface area contributed by atoms with E-state index < -0.39 is 0 Å². The van der Waals surface area contributed by atoms with Gasteiger partial charge in [-0.25, -0.2) is 0 Å². The molecule has 0 amide bonds. The molecule has 0 spiro atoms. The Kier molecular flexibility index (Phi) is 3.29. The third kappa shape index (κ3) is 2.66. The highest BCUT2D eigenvalue weighted by molar-refractivity contribution is 7.10. The molecule has 0 saturated carbocycles. The van der Waals surface area contributed by atoms with Gasteiger partial charge < -0.3 is 5.73 Å². The molecule has 0 bridgehead atoms. The topological polar surface area (TPSA) is 38.4 Å². The highest BCUT2D eigenvalue weighted by atomic mass is 32.1. The van der Waals surface area contributed by atoms with Gasteiger partial charge in [0.2, 0.25) is 0 Å². The van der Waals surface area contributed by atoms with Crippen molar-refractivity contribution in [3.63, 3.8) is 0 Å². The van der Waals surface area contributed by atoms with Gasteiger partial charge in [-0.3, -0.25) is 4.99 Å². The van der Waals surface area contributed by atoms with Crippen LogP contribution in [0.25, 0.3) is 0 Å². The predicted molar refractivity (Wildman–Crippen MR) is 54.7 cm³/mol. The van der Waals surface area contributed by atoms with E-state index in [1.165, 1.54) is 10.4 Å². The summed E-state index contributed by atoms with van der Waals surface area (Å²) in [5.74, 6) is 0.735. The van der Waals surface area contributed by atoms with E-state index in [2.05, 4.69) is 23.4 Å². The van der Waals surface area contributed by atoms with Crippen LogP contribution in [0.15, 0.2) is 16.4 Å². The molecule has 12 heavy (non-hydrogen) atoms. The fraction of sp³-hybridized carbons (Fsp3) is 0.444. The minimum atomic E-state index is 0.726. The molecule has 0 unspecified atom stereocenters. The largest absolute Gasteiger partial charge is 0.387 e. The molecule has 0 fully saturated rings. The minimum Gasteiger partial charge on any atom is -0.387 e. The predicted octanol–water partition coefficient (Wildman–Crippen LogP) is 2.32. The van der Waals surface area contributed by atoms with Gasteiger partial charge in [0.05, 0.1) is 12.4 Å². The van der Waals surface area contributed by atoms with Crippen molar-refractivity contribution in [2.45, 2.75) is 26.8 Å². The van der Waals surface area contributed by atoms with Gasteiger partial charge in [0.15, 0.2) is 0 Å². The Morgan fingerprint density at radius 1 is 1.67 bits per heavy atom. The second kappa shape index (κ2) is 4.26. The van der Waals surface area contributed by atoms with Crippen LogP contribution >= 0.6 is 11.3 Å². The molecule has 0 saturated heterocycles. The van der Waals surface area contributed by atoms with E-state index in [1.54, 1.807) is 11.3 Å². The summed E-state index contributed by atoms with van der Waals surface area (Å²) in [7, 11) is 0. The average molecular weight is 182 g/mol. The first-order valence-corrected chi connectivity index (χ1v) is 4.93. The highest BCUT2D eigenvalue weighted by Gasteiger charge is 1.94. The first kappa shape index (κ1) is 9.26. The number of nitrogens with two attached hydrogens (primary N) is 1. The molecule has 3 heteroatoms. The fourth-order valence-corrected chi connectivity index (χ4v) is 1.58. The molecule has 2 nitrogen and oxygen atoms in total. The van der Waals surface area contributed by atoms with Gasteiger partial charge >= 0.3 is 0 Å². The normalized spacial score (nSPS) is 12.0. The van der Waals surface area contributed by atoms with Gasteiger partial charge in [0.1, 0.15) is 0 Å². The number of aryl methyl sites for hydroxylation is 1. The molecular formula is C9H14N2S. The Bertz CT molecular complexity index is 276. The lowest BCUT2D eigenvalue weighted by Crippen LogP contribution is -2.09. The summed E-state index contributed by atoms with van der Waals surface area (Å²) in [5, 5.41) is 2.13. The number of amidine groups is 1. The second-order valence-electron chi connectivity index (χ2n) is 2.73. The van der Waals surface area contributed by atoms with Crippen molar-refractivity contribution < 1.29 is 0 Å². The maximum atomic E-state index is 5.58. The van der Waals surface area contributed by atoms with Gasteiger partial charge in [-0.15, -0.1) is 11.3 Å². The molecule has 0 aliphatic carbocycles. The molecule has 0 atom stereocenters. The Hall–Kier alpha value is -0.830. The standard InChI is InChI=1S/C9H14N2S/c1-3-9(10)11-5-8-4-7(2)12-6-8/h4,6H,3,5H2,1-2H3,(H2,10,11). The lowest BCUT2D eigenvalue weighted by molar-refractivity contribution is 1.04. The van der Waals surface area contributed by atoms with E-state index in [4.69, 9.17) is 5.73 Å². The number of thiophene rings is 1. The van der Waals surface area contributed by atoms with Gasteiger partial charge in [0, 0.05) is 11.3 Å². The van der Waals surface area contributed by atoms with Crippen molar-refractivity contribution in [2.24, 2.45) is 10.7 Å². The summed E-state index contributed by atoms with van der Waals surface area (Å²) in [5.41, 5.74) is 6.84. The molecule has 0 aliphatic rings. The van der Waals surface area contributed by atoms with Gasteiger partial charge in [-0.2, -0.15) is 0 Å². The first-order valence-electron chi connectivity index (χ1n) is 4.05. The van der Waals surface area contributed by atoms with Crippen molar-refractivity contribution in [1.82, 2.24) is 0 Å². The van der Waals surface area contributed by atoms with Gasteiger partial charge in [0.25, 0.3) is 0 Å². The Morgan fingerprint density at radius 3 is 2.92 bits per heavy atom. The number of hydrogen-bond donors (Lipinski definition) is 1. The zero-order valence-corrected chi connectivity index (χ0v) is 8.32. The van der Waals surface area contributed by atoms with Crippen LogP contribution in [0.2, 0.25) is 0 Å². The highest BCUT2D eigenvalue weighted by Crippen LogP contribution is 2.13. The van der Waals surface area contributed by atoms with E-state index in [0.717, 1.165) is 18.8 Å². The van der Waals surface area contributed by atoms with Crippen LogP contribution in [-0.2, 0) is 6.54 Å². The van der Waals surface area contributed by atoms with Crippen LogP contribution in [0.4, 0.5) is 0 Å². The number of aliphatic imine (C=N–C) groups is 1. The molecule has 1 aromatic rings. The van der Waals surface area contributed by atoms with E-state index in [-0.39, 0.29) is 0 Å². The second-order valence-corrected chi connectivity index (χ2v) is 3.84. The van der Waals surface area contributed by atoms with Gasteiger partial charge in [-0.1, -0.05) is 6.92 Å². The van der Waals surface area contributed by atoms with Crippen molar-refractivity contribution in [2.75, 3.05) is 0 Å². The van der Waals surface area contributed by atoms with Gasteiger partial charge in [-0.05, 0) is 23.9 Å². The summed E-state index contributed by atoms with van der Waals surface area (Å²) < 4.78 is 0. The lowest BCUT2D eigenvalue weighted by Gasteiger charge is -1.93. The van der Waals surface area contributed by atoms with Crippen molar-refractivity contribution in [3.8, 4) is 0 Å². The molecule has 0 radical (unpaired) electrons. The quantitative estimate of drug-likeness (QED) is 0.565. The molecule has 0 aliphatic heterocycles. The van der Waals surface area contributed by atoms with Crippen molar-refractivity contribution in [3.05, 3.63) is 21.9 Å². The molecule has 1 aromatic heterocycles. The van der Waals surface area contributed by atoms with E-state index >= 15 is 0 Å². The van der Waals surface area contributed by atoms with Crippen LogP contribution in [0.5, 0.6) is 0 Å². The van der Waals surface area contributed by atoms with E-state index in [1.807, 2.05) is 6.92 Å². The zero-order chi connectivity index (χ0) is 8.97. The molecule has 2 N–H and O–H groups in total. The smallest absolute Gasteiger partial charge is 0.0938 e. The average Bonchev–Trinajstić information content (AvgIpc) is 2.47. The maximum absolute atomic E-state index is 5.58. The Labute approximate surface area is 77.1 Å². The van der Waals surface area contributed by atoms with E-state index in [0.29, 0.717) is 0 Å². The molecule has 0 aromatic carbocycles. The third-order valence-corrected chi connectivity index (χ3v) is 2.52. The van der Waals surface area contributed by atoms with Crippen LogP contribution < -0.4 is 5.73 Å². The number of nitrogens with zero attached hydrogens (tertiary/aromatic N) is 1. The molecule has 1 heterocycles. The summed E-state index contributed by atoms with van der Waals surface area (Å²) in [6.45, 7) is 4.84. The molecule has 66 valence electrons. The van der Waals surface area contributed by atoms with Crippen molar-refractivity contribution in [1.29, 1.82) is 0 Å². The third-order valence-electron chi connectivity index (χ3n) is 1.61. The van der Waals surface area contributed by atoms with E-state index in [9.17, 15) is 0 Å². The minimum absolute atomic E-state index is 0.726. The van der Waals surface area contributed by atoms with Crippen LogP contribution in [-0.4, -0.2) is 5.84 Å². The summed E-state index contributed by atoms with van der Waals surface area (Å²) >= 11 is 1.75. The molecular weight excluding hydrogens is 168 g/mol. The Balaban J connectivity index is 2.53. The van der Waals surface area contributed by atoms with Crippen LogP contribution in [0, 0.1) is 6.92 Å². The van der Waals surface area contributed by atoms with Crippen molar-refractivity contribution >= 4 is 17.2 Å². The zero-order valence-electron chi connectivity index (χ0n) is 7.50. The summed E-state index contributed by atoms with van der Waals surface area (Å²) in [6.07, 6.45) is 0.836. The number of rotatable bonds is 3. The van der Waals surface area contributed by atoms with Crippen LogP contribution in [0.1, 0.15) is 23.8 Å². The summed E-state index contributed by atoms with van der Waals surface area (Å²) in [6, 6.07) is 2.15.